The minimum absolute atomic E-state index is 0.227. The van der Waals surface area contributed by atoms with E-state index in [1.165, 1.54) is 0 Å². The van der Waals surface area contributed by atoms with Crippen molar-refractivity contribution >= 4 is 11.9 Å². The third kappa shape index (κ3) is 6.37. The number of rotatable bonds is 5. The summed E-state index contributed by atoms with van der Waals surface area (Å²) in [4.78, 5) is 27.8. The van der Waals surface area contributed by atoms with Crippen molar-refractivity contribution in [1.29, 1.82) is 0 Å². The van der Waals surface area contributed by atoms with Gasteiger partial charge in [0.05, 0.1) is 18.8 Å². The first-order valence-electron chi connectivity index (χ1n) is 9.14. The number of amides is 3. The summed E-state index contributed by atoms with van der Waals surface area (Å²) >= 11 is 0. The number of nitrogens with zero attached hydrogens (tertiary/aromatic N) is 2. The van der Waals surface area contributed by atoms with Gasteiger partial charge >= 0.3 is 6.03 Å². The van der Waals surface area contributed by atoms with E-state index in [2.05, 4.69) is 34.3 Å². The highest BCUT2D eigenvalue weighted by Crippen LogP contribution is 2.20. The Kier molecular flexibility index (Phi) is 7.45. The molecule has 0 spiro atoms. The van der Waals surface area contributed by atoms with Crippen LogP contribution in [-0.4, -0.2) is 79.8 Å². The molecule has 0 aromatic rings. The second-order valence-corrected chi connectivity index (χ2v) is 7.10. The van der Waals surface area contributed by atoms with E-state index in [9.17, 15) is 9.59 Å². The van der Waals surface area contributed by atoms with Crippen molar-refractivity contribution in [3.8, 4) is 0 Å². The van der Waals surface area contributed by atoms with E-state index in [1.807, 2.05) is 6.92 Å². The zero-order valence-electron chi connectivity index (χ0n) is 15.2. The van der Waals surface area contributed by atoms with E-state index in [-0.39, 0.29) is 5.91 Å². The molecular weight excluding hydrogens is 308 g/mol. The van der Waals surface area contributed by atoms with Crippen molar-refractivity contribution in [2.75, 3.05) is 45.8 Å². The summed E-state index contributed by atoms with van der Waals surface area (Å²) in [6, 6.07) is -0.409. The molecule has 2 aliphatic heterocycles. The maximum absolute atomic E-state index is 11.8. The summed E-state index contributed by atoms with van der Waals surface area (Å²) in [6.45, 7) is 11.9. The van der Waals surface area contributed by atoms with Crippen LogP contribution in [0.2, 0.25) is 0 Å². The van der Waals surface area contributed by atoms with Crippen LogP contribution in [0.5, 0.6) is 0 Å². The van der Waals surface area contributed by atoms with Gasteiger partial charge in [0, 0.05) is 26.2 Å². The SMILES string of the molecule is CCNC(=O)NC(=O)CN1CCC(CN2C[C@H](C)O[C@@H](C)C2)CC1. The Balaban J connectivity index is 1.66. The van der Waals surface area contributed by atoms with Crippen LogP contribution < -0.4 is 10.6 Å². The Bertz CT molecular complexity index is 414. The van der Waals surface area contributed by atoms with E-state index in [0.29, 0.717) is 31.2 Å². The molecule has 2 atom stereocenters. The Morgan fingerprint density at radius 2 is 1.71 bits per heavy atom. The zero-order valence-corrected chi connectivity index (χ0v) is 15.2. The molecule has 7 nitrogen and oxygen atoms in total. The highest BCUT2D eigenvalue weighted by Gasteiger charge is 2.27. The lowest BCUT2D eigenvalue weighted by Crippen LogP contribution is -2.49. The highest BCUT2D eigenvalue weighted by molar-refractivity contribution is 5.95. The molecule has 2 fully saturated rings. The Morgan fingerprint density at radius 3 is 2.29 bits per heavy atom. The lowest BCUT2D eigenvalue weighted by Gasteiger charge is -2.39. The summed E-state index contributed by atoms with van der Waals surface area (Å²) in [6.07, 6.45) is 2.84. The maximum Gasteiger partial charge on any atom is 0.321 e. The van der Waals surface area contributed by atoms with Crippen molar-refractivity contribution in [3.63, 3.8) is 0 Å². The Labute approximate surface area is 145 Å². The first kappa shape index (κ1) is 19.1. The normalized spacial score (nSPS) is 27.0. The van der Waals surface area contributed by atoms with Crippen LogP contribution >= 0.6 is 0 Å². The van der Waals surface area contributed by atoms with Crippen LogP contribution in [0, 0.1) is 5.92 Å². The monoisotopic (exact) mass is 340 g/mol. The molecule has 0 radical (unpaired) electrons. The first-order chi connectivity index (χ1) is 11.5. The predicted molar refractivity (Wildman–Crippen MR) is 92.8 cm³/mol. The standard InChI is InChI=1S/C17H32N4O3/c1-4-18-17(23)19-16(22)12-20-7-5-15(6-8-20)11-21-9-13(2)24-14(3)10-21/h13-15H,4-12H2,1-3H3,(H2,18,19,22,23)/t13-,14-/m0/s1. The van der Waals surface area contributed by atoms with Crippen LogP contribution in [0.15, 0.2) is 0 Å². The molecule has 2 heterocycles. The van der Waals surface area contributed by atoms with Crippen LogP contribution in [0.25, 0.3) is 0 Å². The third-order valence-corrected chi connectivity index (χ3v) is 4.68. The number of imide groups is 1. The van der Waals surface area contributed by atoms with Gasteiger partial charge in [-0.3, -0.25) is 19.9 Å². The summed E-state index contributed by atoms with van der Waals surface area (Å²) < 4.78 is 5.79. The fourth-order valence-electron chi connectivity index (χ4n) is 3.70. The fourth-order valence-corrected chi connectivity index (χ4v) is 3.70. The van der Waals surface area contributed by atoms with Gasteiger partial charge in [-0.1, -0.05) is 0 Å². The minimum atomic E-state index is -0.409. The molecule has 7 heteroatoms. The van der Waals surface area contributed by atoms with Gasteiger partial charge in [0.25, 0.3) is 0 Å². The lowest BCUT2D eigenvalue weighted by molar-refractivity contribution is -0.121. The van der Waals surface area contributed by atoms with E-state index < -0.39 is 6.03 Å². The molecular formula is C17H32N4O3. The van der Waals surface area contributed by atoms with Gasteiger partial charge in [-0.05, 0) is 52.6 Å². The van der Waals surface area contributed by atoms with Crippen molar-refractivity contribution in [3.05, 3.63) is 0 Å². The molecule has 0 aromatic carbocycles. The molecule has 0 bridgehead atoms. The van der Waals surface area contributed by atoms with Gasteiger partial charge in [0.1, 0.15) is 0 Å². The maximum atomic E-state index is 11.8. The van der Waals surface area contributed by atoms with Crippen molar-refractivity contribution < 1.29 is 14.3 Å². The van der Waals surface area contributed by atoms with Gasteiger partial charge in [0.2, 0.25) is 5.91 Å². The number of ether oxygens (including phenoxy) is 1. The number of nitrogens with one attached hydrogen (secondary N) is 2. The fraction of sp³-hybridized carbons (Fsp3) is 0.882. The van der Waals surface area contributed by atoms with Gasteiger partial charge in [-0.2, -0.15) is 0 Å². The van der Waals surface area contributed by atoms with E-state index in [1.54, 1.807) is 0 Å². The molecule has 2 aliphatic rings. The second-order valence-electron chi connectivity index (χ2n) is 7.10. The number of piperidine rings is 1. The van der Waals surface area contributed by atoms with Crippen LogP contribution in [0.1, 0.15) is 33.6 Å². The van der Waals surface area contributed by atoms with E-state index in [0.717, 1.165) is 45.6 Å². The molecule has 3 amide bonds. The van der Waals surface area contributed by atoms with Gasteiger partial charge < -0.3 is 10.1 Å². The van der Waals surface area contributed by atoms with E-state index >= 15 is 0 Å². The molecule has 0 saturated carbocycles. The summed E-state index contributed by atoms with van der Waals surface area (Å²) in [5.41, 5.74) is 0. The molecule has 24 heavy (non-hydrogen) atoms. The van der Waals surface area contributed by atoms with Gasteiger partial charge in [-0.25, -0.2) is 4.79 Å². The number of carbonyl (C=O) groups is 2. The molecule has 0 aliphatic carbocycles. The predicted octanol–water partition coefficient (Wildman–Crippen LogP) is 0.653. The second kappa shape index (κ2) is 9.34. The molecule has 2 saturated heterocycles. The van der Waals surface area contributed by atoms with Crippen molar-refractivity contribution in [2.24, 2.45) is 5.92 Å². The largest absolute Gasteiger partial charge is 0.373 e. The smallest absolute Gasteiger partial charge is 0.321 e. The zero-order chi connectivity index (χ0) is 17.5. The average Bonchev–Trinajstić information content (AvgIpc) is 2.48. The number of urea groups is 1. The van der Waals surface area contributed by atoms with Gasteiger partial charge in [0.15, 0.2) is 0 Å². The summed E-state index contributed by atoms with van der Waals surface area (Å²) in [5.74, 6) is 0.459. The molecule has 0 unspecified atom stereocenters. The van der Waals surface area contributed by atoms with E-state index in [4.69, 9.17) is 4.74 Å². The number of likely N-dealkylation sites (tertiary alicyclic amines) is 1. The quantitative estimate of drug-likeness (QED) is 0.769. The highest BCUT2D eigenvalue weighted by atomic mass is 16.5. The van der Waals surface area contributed by atoms with Crippen molar-refractivity contribution in [1.82, 2.24) is 20.4 Å². The average molecular weight is 340 g/mol. The lowest BCUT2D eigenvalue weighted by atomic mass is 9.95. The minimum Gasteiger partial charge on any atom is -0.373 e. The molecule has 138 valence electrons. The number of hydrogen-bond acceptors (Lipinski definition) is 5. The number of hydrogen-bond donors (Lipinski definition) is 2. The van der Waals surface area contributed by atoms with Crippen LogP contribution in [-0.2, 0) is 9.53 Å². The summed E-state index contributed by atoms with van der Waals surface area (Å²) in [7, 11) is 0. The molecule has 2 rings (SSSR count). The van der Waals surface area contributed by atoms with Gasteiger partial charge in [-0.15, -0.1) is 0 Å². The molecule has 2 N–H and O–H groups in total. The Morgan fingerprint density at radius 1 is 1.08 bits per heavy atom. The third-order valence-electron chi connectivity index (χ3n) is 4.68. The van der Waals surface area contributed by atoms with Crippen molar-refractivity contribution in [2.45, 2.75) is 45.8 Å². The number of morpholine rings is 1. The Hall–Kier alpha value is -1.18. The summed E-state index contributed by atoms with van der Waals surface area (Å²) in [5, 5.41) is 4.93. The first-order valence-corrected chi connectivity index (χ1v) is 9.14. The van der Waals surface area contributed by atoms with Crippen LogP contribution in [0.3, 0.4) is 0 Å². The number of carbonyl (C=O) groups excluding carboxylic acids is 2. The topological polar surface area (TPSA) is 73.9 Å². The molecule has 0 aromatic heterocycles. The van der Waals surface area contributed by atoms with Crippen LogP contribution in [0.4, 0.5) is 4.79 Å².